The van der Waals surface area contributed by atoms with Gasteiger partial charge in [-0.1, -0.05) is 30.3 Å². The van der Waals surface area contributed by atoms with Crippen LogP contribution < -0.4 is 5.32 Å². The molecule has 1 N–H and O–H groups in total. The minimum atomic E-state index is -0.433. The highest BCUT2D eigenvalue weighted by atomic mass is 16.6. The van der Waals surface area contributed by atoms with Crippen LogP contribution in [-0.4, -0.2) is 36.6 Å². The van der Waals surface area contributed by atoms with Gasteiger partial charge in [0.05, 0.1) is 0 Å². The second-order valence-electron chi connectivity index (χ2n) is 7.55. The first kappa shape index (κ1) is 17.9. The van der Waals surface area contributed by atoms with E-state index in [1.807, 2.05) is 20.8 Å². The molecule has 4 nitrogen and oxygen atoms in total. The predicted octanol–water partition coefficient (Wildman–Crippen LogP) is 2.87. The fourth-order valence-electron chi connectivity index (χ4n) is 3.14. The van der Waals surface area contributed by atoms with Crippen molar-refractivity contribution in [3.8, 4) is 0 Å². The van der Waals surface area contributed by atoms with Crippen LogP contribution in [0.15, 0.2) is 30.3 Å². The quantitative estimate of drug-likeness (QED) is 0.869. The average molecular weight is 316 g/mol. The number of rotatable bonds is 4. The molecule has 0 atom stereocenters. The van der Waals surface area contributed by atoms with Crippen molar-refractivity contribution in [3.63, 3.8) is 0 Å². The molecule has 0 saturated heterocycles. The molecule has 0 aliphatic heterocycles. The van der Waals surface area contributed by atoms with Crippen molar-refractivity contribution in [2.45, 2.75) is 70.7 Å². The minimum Gasteiger partial charge on any atom is -0.444 e. The van der Waals surface area contributed by atoms with Gasteiger partial charge in [0.2, 0.25) is 0 Å². The van der Waals surface area contributed by atoms with Crippen LogP contribution >= 0.6 is 0 Å². The van der Waals surface area contributed by atoms with Gasteiger partial charge in [0.25, 0.3) is 0 Å². The summed E-state index contributed by atoms with van der Waals surface area (Å²) in [6, 6.07) is 11.4. The van der Waals surface area contributed by atoms with E-state index in [2.05, 4.69) is 48.4 Å². The number of carbonyl (C=O) groups is 1. The lowest BCUT2D eigenvalue weighted by Crippen LogP contribution is -2.44. The molecule has 0 heterocycles. The van der Waals surface area contributed by atoms with Crippen LogP contribution in [0.3, 0.4) is 0 Å². The van der Waals surface area contributed by atoms with Crippen LogP contribution in [0.2, 0.25) is 0 Å². The van der Waals surface area contributed by atoms with Gasteiger partial charge >= 0.3 is 6.09 Å². The third-order valence-corrected chi connectivity index (χ3v) is 4.32. The Kier molecular flexibility index (Phi) is 6.11. The minimum absolute atomic E-state index is 0.242. The maximum Gasteiger partial charge on any atom is 0.407 e. The molecule has 23 heavy (non-hydrogen) atoms. The number of ether oxygens (including phenoxy) is 1. The van der Waals surface area contributed by atoms with E-state index >= 15 is 0 Å². The molecule has 1 aliphatic carbocycles. The van der Waals surface area contributed by atoms with E-state index in [9.17, 15) is 4.79 Å². The molecule has 0 unspecified atom stereocenters. The van der Waals surface area contributed by atoms with E-state index < -0.39 is 5.60 Å². The second kappa shape index (κ2) is 7.87. The largest absolute Gasteiger partial charge is 0.444 e. The Morgan fingerprint density at radius 2 is 1.83 bits per heavy atom. The lowest BCUT2D eigenvalue weighted by molar-refractivity contribution is 0.0485. The number of nitrogens with one attached hydrogen (secondary N) is 1. The molecule has 1 aliphatic rings. The van der Waals surface area contributed by atoms with Gasteiger partial charge in [-0.3, -0.25) is 0 Å². The number of hydrogen-bond acceptors (Lipinski definition) is 3. The summed E-state index contributed by atoms with van der Waals surface area (Å²) in [4.78, 5) is 14.3. The molecule has 1 fully saturated rings. The Labute approximate surface area is 141 Å². The fraction of sp³-hybridized carbons (Fsp3) is 0.611. The third-order valence-electron chi connectivity index (χ3n) is 4.32. The summed E-state index contributed by atoms with van der Waals surface area (Å²) in [6.45, 7) is 6.65. The molecule has 1 aromatic carbocycles. The highest BCUT2D eigenvalue weighted by molar-refractivity contribution is 6.04. The van der Waals surface area contributed by atoms with E-state index in [4.69, 9.17) is 4.74 Å². The van der Waals surface area contributed by atoms with Crippen LogP contribution in [0.25, 0.3) is 0 Å². The second-order valence-corrected chi connectivity index (χ2v) is 7.55. The maximum atomic E-state index is 11.8. The Morgan fingerprint density at radius 3 is 2.39 bits per heavy atom. The van der Waals surface area contributed by atoms with Gasteiger partial charge in [-0.25, -0.2) is 4.79 Å². The average Bonchev–Trinajstić information content (AvgIpc) is 2.47. The molecule has 5 heteroatoms. The number of amides is 1. The van der Waals surface area contributed by atoms with Gasteiger partial charge in [-0.05, 0) is 58.1 Å². The zero-order chi connectivity index (χ0) is 16.9. The lowest BCUT2D eigenvalue weighted by atomic mass is 9.88. The molecule has 0 spiro atoms. The molecule has 126 valence electrons. The zero-order valence-electron chi connectivity index (χ0n) is 14.8. The Morgan fingerprint density at radius 1 is 1.22 bits per heavy atom. The van der Waals surface area contributed by atoms with Crippen LogP contribution in [0, 0.1) is 0 Å². The van der Waals surface area contributed by atoms with Crippen LogP contribution in [0.4, 0.5) is 4.79 Å². The van der Waals surface area contributed by atoms with Crippen molar-refractivity contribution < 1.29 is 9.53 Å². The number of hydrogen-bond donors (Lipinski definition) is 1. The number of benzene rings is 1. The summed E-state index contributed by atoms with van der Waals surface area (Å²) >= 11 is 0. The van der Waals surface area contributed by atoms with Gasteiger partial charge in [0, 0.05) is 12.6 Å². The number of alkyl carbamates (subject to hydrolysis) is 1. The van der Waals surface area contributed by atoms with Gasteiger partial charge in [0.1, 0.15) is 5.60 Å². The van der Waals surface area contributed by atoms with E-state index in [0.29, 0.717) is 6.04 Å². The molecule has 1 amide bonds. The summed E-state index contributed by atoms with van der Waals surface area (Å²) < 4.78 is 5.33. The number of nitrogens with zero attached hydrogens (tertiary/aromatic N) is 1. The van der Waals surface area contributed by atoms with E-state index in [0.717, 1.165) is 32.2 Å². The maximum absolute atomic E-state index is 11.8. The molecule has 1 saturated carbocycles. The lowest BCUT2D eigenvalue weighted by Gasteiger charge is -2.35. The first-order valence-electron chi connectivity index (χ1n) is 8.57. The van der Waals surface area contributed by atoms with Crippen LogP contribution in [0.5, 0.6) is 0 Å². The van der Waals surface area contributed by atoms with E-state index in [1.165, 1.54) is 5.56 Å². The monoisotopic (exact) mass is 316 g/mol. The van der Waals surface area contributed by atoms with Crippen LogP contribution in [0.1, 0.15) is 52.0 Å². The van der Waals surface area contributed by atoms with Crippen molar-refractivity contribution in [2.24, 2.45) is 0 Å². The first-order valence-corrected chi connectivity index (χ1v) is 8.57. The fourth-order valence-corrected chi connectivity index (χ4v) is 3.14. The Hall–Kier alpha value is -1.49. The predicted molar refractivity (Wildman–Crippen MR) is 95.9 cm³/mol. The molecule has 2 rings (SSSR count). The molecule has 0 bridgehead atoms. The summed E-state index contributed by atoms with van der Waals surface area (Å²) in [6.07, 6.45) is 3.97. The van der Waals surface area contributed by atoms with E-state index in [1.54, 1.807) is 0 Å². The topological polar surface area (TPSA) is 41.6 Å². The van der Waals surface area contributed by atoms with Gasteiger partial charge in [-0.2, -0.15) is 0 Å². The van der Waals surface area contributed by atoms with Crippen molar-refractivity contribution >= 4 is 14.1 Å². The van der Waals surface area contributed by atoms with Crippen molar-refractivity contribution in [3.05, 3.63) is 35.9 Å². The molecular formula is C18H29BN2O2. The molecular weight excluding hydrogens is 287 g/mol. The van der Waals surface area contributed by atoms with E-state index in [-0.39, 0.29) is 12.1 Å². The smallest absolute Gasteiger partial charge is 0.407 e. The zero-order valence-corrected chi connectivity index (χ0v) is 14.8. The number of carbonyl (C=O) groups excluding carboxylic acids is 1. The van der Waals surface area contributed by atoms with Gasteiger partial charge in [0.15, 0.2) is 7.98 Å². The summed E-state index contributed by atoms with van der Waals surface area (Å²) in [5.41, 5.74) is 0.918. The summed E-state index contributed by atoms with van der Waals surface area (Å²) in [7, 11) is 2.19. The Bertz CT molecular complexity index is 493. The van der Waals surface area contributed by atoms with Gasteiger partial charge < -0.3 is 14.9 Å². The molecule has 0 aromatic heterocycles. The molecule has 1 aromatic rings. The highest BCUT2D eigenvalue weighted by Crippen LogP contribution is 2.23. The highest BCUT2D eigenvalue weighted by Gasteiger charge is 2.26. The Balaban J connectivity index is 1.74. The third kappa shape index (κ3) is 6.26. The van der Waals surface area contributed by atoms with Crippen LogP contribution in [-0.2, 0) is 11.3 Å². The van der Waals surface area contributed by atoms with Crippen molar-refractivity contribution in [1.82, 2.24) is 10.1 Å². The summed E-state index contributed by atoms with van der Waals surface area (Å²) in [5.74, 6) is 0. The van der Waals surface area contributed by atoms with Gasteiger partial charge in [-0.15, -0.1) is 0 Å². The normalized spacial score (nSPS) is 21.9. The standard InChI is InChI=1S/C18H29BN2O2/c1-18(2,3)23-17(22)20-15-9-11-16(12-10-15)21(19)13-14-7-5-4-6-8-14/h4-8,15-16H,9-13,19H2,1-3H3,(H,20,22). The SMILES string of the molecule is BN(Cc1ccccc1)C1CCC(NC(=O)OC(C)(C)C)CC1. The van der Waals surface area contributed by atoms with Crippen molar-refractivity contribution in [1.29, 1.82) is 0 Å². The molecule has 0 radical (unpaired) electrons. The summed E-state index contributed by atoms with van der Waals surface area (Å²) in [5, 5.41) is 3.00. The first-order chi connectivity index (χ1) is 10.8. The van der Waals surface area contributed by atoms with Crippen molar-refractivity contribution in [2.75, 3.05) is 0 Å².